The van der Waals surface area contributed by atoms with Crippen LogP contribution in [0.1, 0.15) is 19.4 Å². The summed E-state index contributed by atoms with van der Waals surface area (Å²) in [5, 5.41) is 13.9. The predicted molar refractivity (Wildman–Crippen MR) is 75.6 cm³/mol. The molecule has 0 radical (unpaired) electrons. The van der Waals surface area contributed by atoms with Crippen LogP contribution >= 0.6 is 0 Å². The minimum absolute atomic E-state index is 0.00243. The second kappa shape index (κ2) is 7.26. The summed E-state index contributed by atoms with van der Waals surface area (Å²) in [4.78, 5) is 23.3. The van der Waals surface area contributed by atoms with Gasteiger partial charge in [-0.2, -0.15) is 5.26 Å². The number of rotatable bonds is 5. The molecule has 6 nitrogen and oxygen atoms in total. The zero-order chi connectivity index (χ0) is 15.1. The van der Waals surface area contributed by atoms with Crippen molar-refractivity contribution in [2.45, 2.75) is 19.9 Å². The quantitative estimate of drug-likeness (QED) is 0.730. The third-order valence-electron chi connectivity index (χ3n) is 2.77. The lowest BCUT2D eigenvalue weighted by atomic mass is 10.1. The molecule has 106 valence electrons. The van der Waals surface area contributed by atoms with E-state index < -0.39 is 11.9 Å². The number of hydrogen-bond donors (Lipinski definition) is 3. The third-order valence-corrected chi connectivity index (χ3v) is 2.77. The molecule has 2 amide bonds. The molecule has 4 N–H and O–H groups in total. The number of para-hydroxylation sites is 1. The van der Waals surface area contributed by atoms with E-state index in [2.05, 4.69) is 10.6 Å². The predicted octanol–water partition coefficient (Wildman–Crippen LogP) is 0.596. The zero-order valence-corrected chi connectivity index (χ0v) is 11.5. The SMILES string of the molecule is CC(C)[C@H](N)C(=O)NCC(=O)Nc1ccccc1C#N. The normalized spacial score (nSPS) is 11.6. The van der Waals surface area contributed by atoms with E-state index in [9.17, 15) is 9.59 Å². The van der Waals surface area contributed by atoms with Gasteiger partial charge in [0.1, 0.15) is 6.07 Å². The van der Waals surface area contributed by atoms with Gasteiger partial charge in [-0.25, -0.2) is 0 Å². The Labute approximate surface area is 118 Å². The Morgan fingerprint density at radius 2 is 2.00 bits per heavy atom. The molecule has 0 saturated carbocycles. The molecule has 0 aliphatic rings. The summed E-state index contributed by atoms with van der Waals surface area (Å²) in [7, 11) is 0. The number of hydrogen-bond acceptors (Lipinski definition) is 4. The molecule has 0 heterocycles. The maximum absolute atomic E-state index is 11.7. The average Bonchev–Trinajstić information content (AvgIpc) is 2.44. The van der Waals surface area contributed by atoms with E-state index in [-0.39, 0.29) is 18.4 Å². The summed E-state index contributed by atoms with van der Waals surface area (Å²) in [6, 6.07) is 7.97. The standard InChI is InChI=1S/C14H18N4O2/c1-9(2)13(16)14(20)17-8-12(19)18-11-6-4-3-5-10(11)7-15/h3-6,9,13H,8,16H2,1-2H3,(H,17,20)(H,18,19)/t13-/m0/s1. The highest BCUT2D eigenvalue weighted by molar-refractivity contribution is 5.96. The first-order valence-electron chi connectivity index (χ1n) is 6.28. The number of nitrogens with zero attached hydrogens (tertiary/aromatic N) is 1. The number of nitriles is 1. The summed E-state index contributed by atoms with van der Waals surface area (Å²) in [5.74, 6) is -0.780. The van der Waals surface area contributed by atoms with Crippen molar-refractivity contribution in [3.63, 3.8) is 0 Å². The van der Waals surface area contributed by atoms with Crippen molar-refractivity contribution in [3.05, 3.63) is 29.8 Å². The lowest BCUT2D eigenvalue weighted by Crippen LogP contribution is -2.46. The van der Waals surface area contributed by atoms with Gasteiger partial charge in [0.05, 0.1) is 23.8 Å². The fourth-order valence-corrected chi connectivity index (χ4v) is 1.47. The van der Waals surface area contributed by atoms with Crippen molar-refractivity contribution < 1.29 is 9.59 Å². The summed E-state index contributed by atoms with van der Waals surface area (Å²) >= 11 is 0. The first kappa shape index (κ1) is 15.7. The molecule has 0 saturated heterocycles. The van der Waals surface area contributed by atoms with Crippen molar-refractivity contribution in [3.8, 4) is 6.07 Å². The van der Waals surface area contributed by atoms with Crippen LogP contribution in [0.15, 0.2) is 24.3 Å². The highest BCUT2D eigenvalue weighted by Gasteiger charge is 2.17. The van der Waals surface area contributed by atoms with Crippen molar-refractivity contribution in [2.75, 3.05) is 11.9 Å². The second-order valence-electron chi connectivity index (χ2n) is 4.69. The molecule has 0 aliphatic carbocycles. The fraction of sp³-hybridized carbons (Fsp3) is 0.357. The van der Waals surface area contributed by atoms with Crippen molar-refractivity contribution >= 4 is 17.5 Å². The van der Waals surface area contributed by atoms with Crippen molar-refractivity contribution in [1.29, 1.82) is 5.26 Å². The number of nitrogens with one attached hydrogen (secondary N) is 2. The Morgan fingerprint density at radius 3 is 2.60 bits per heavy atom. The molecule has 6 heteroatoms. The first-order chi connectivity index (χ1) is 9.45. The Hall–Kier alpha value is -2.39. The van der Waals surface area contributed by atoms with E-state index >= 15 is 0 Å². The second-order valence-corrected chi connectivity index (χ2v) is 4.69. The van der Waals surface area contributed by atoms with E-state index in [1.807, 2.05) is 19.9 Å². The first-order valence-corrected chi connectivity index (χ1v) is 6.28. The molecule has 0 fully saturated rings. The van der Waals surface area contributed by atoms with Crippen molar-refractivity contribution in [1.82, 2.24) is 5.32 Å². The molecule has 0 bridgehead atoms. The lowest BCUT2D eigenvalue weighted by molar-refractivity contribution is -0.125. The van der Waals surface area contributed by atoms with Crippen LogP contribution in [0, 0.1) is 17.2 Å². The Balaban J connectivity index is 2.53. The van der Waals surface area contributed by atoms with Gasteiger partial charge in [0.2, 0.25) is 11.8 Å². The smallest absolute Gasteiger partial charge is 0.243 e. The van der Waals surface area contributed by atoms with E-state index in [0.717, 1.165) is 0 Å². The van der Waals surface area contributed by atoms with Gasteiger partial charge >= 0.3 is 0 Å². The summed E-state index contributed by atoms with van der Waals surface area (Å²) in [6.07, 6.45) is 0. The minimum atomic E-state index is -0.644. The minimum Gasteiger partial charge on any atom is -0.346 e. The Morgan fingerprint density at radius 1 is 1.35 bits per heavy atom. The lowest BCUT2D eigenvalue weighted by Gasteiger charge is -2.15. The van der Waals surface area contributed by atoms with Crippen molar-refractivity contribution in [2.24, 2.45) is 11.7 Å². The van der Waals surface area contributed by atoms with Gasteiger partial charge in [0.25, 0.3) is 0 Å². The summed E-state index contributed by atoms with van der Waals surface area (Å²) < 4.78 is 0. The highest BCUT2D eigenvalue weighted by Crippen LogP contribution is 2.12. The van der Waals surface area contributed by atoms with Gasteiger partial charge in [-0.15, -0.1) is 0 Å². The van der Waals surface area contributed by atoms with Crippen LogP contribution in [0.5, 0.6) is 0 Å². The van der Waals surface area contributed by atoms with Crippen LogP contribution in [0.4, 0.5) is 5.69 Å². The third kappa shape index (κ3) is 4.37. The average molecular weight is 274 g/mol. The summed E-state index contributed by atoms with van der Waals surface area (Å²) in [6.45, 7) is 3.47. The van der Waals surface area contributed by atoms with Crippen LogP contribution in [-0.4, -0.2) is 24.4 Å². The number of amides is 2. The molecule has 1 aromatic carbocycles. The molecular weight excluding hydrogens is 256 g/mol. The monoisotopic (exact) mass is 274 g/mol. The maximum Gasteiger partial charge on any atom is 0.243 e. The molecule has 1 atom stereocenters. The maximum atomic E-state index is 11.7. The Kier molecular flexibility index (Phi) is 5.69. The number of benzene rings is 1. The molecule has 1 aromatic rings. The van der Waals surface area contributed by atoms with Crippen LogP contribution < -0.4 is 16.4 Å². The van der Waals surface area contributed by atoms with E-state index in [0.29, 0.717) is 11.3 Å². The molecule has 0 aliphatic heterocycles. The zero-order valence-electron chi connectivity index (χ0n) is 11.5. The molecule has 0 spiro atoms. The van der Waals surface area contributed by atoms with Gasteiger partial charge in [0.15, 0.2) is 0 Å². The number of carbonyl (C=O) groups is 2. The van der Waals surface area contributed by atoms with Gasteiger partial charge in [-0.05, 0) is 18.1 Å². The van der Waals surface area contributed by atoms with Gasteiger partial charge < -0.3 is 16.4 Å². The topological polar surface area (TPSA) is 108 Å². The molecule has 0 aromatic heterocycles. The number of carbonyl (C=O) groups excluding carboxylic acids is 2. The van der Waals surface area contributed by atoms with Crippen LogP contribution in [0.3, 0.4) is 0 Å². The van der Waals surface area contributed by atoms with Crippen LogP contribution in [0.25, 0.3) is 0 Å². The molecule has 0 unspecified atom stereocenters. The molecule has 1 rings (SSSR count). The summed E-state index contributed by atoms with van der Waals surface area (Å²) in [5.41, 5.74) is 6.44. The molecular formula is C14H18N4O2. The molecule has 20 heavy (non-hydrogen) atoms. The largest absolute Gasteiger partial charge is 0.346 e. The van der Waals surface area contributed by atoms with Gasteiger partial charge in [0, 0.05) is 0 Å². The highest BCUT2D eigenvalue weighted by atomic mass is 16.2. The fourth-order valence-electron chi connectivity index (χ4n) is 1.47. The van der Waals surface area contributed by atoms with E-state index in [1.165, 1.54) is 0 Å². The van der Waals surface area contributed by atoms with Gasteiger partial charge in [-0.1, -0.05) is 26.0 Å². The number of nitrogens with two attached hydrogens (primary N) is 1. The number of anilines is 1. The van der Waals surface area contributed by atoms with E-state index in [1.54, 1.807) is 24.3 Å². The van der Waals surface area contributed by atoms with Gasteiger partial charge in [-0.3, -0.25) is 9.59 Å². The van der Waals surface area contributed by atoms with E-state index in [4.69, 9.17) is 11.0 Å². The Bertz CT molecular complexity index is 534. The van der Waals surface area contributed by atoms with Crippen LogP contribution in [-0.2, 0) is 9.59 Å². The van der Waals surface area contributed by atoms with Crippen LogP contribution in [0.2, 0.25) is 0 Å².